The van der Waals surface area contributed by atoms with Gasteiger partial charge in [-0.3, -0.25) is 19.3 Å². The van der Waals surface area contributed by atoms with E-state index in [4.69, 9.17) is 16.3 Å². The number of aromatic nitrogens is 2. The first-order chi connectivity index (χ1) is 14.2. The highest BCUT2D eigenvalue weighted by molar-refractivity contribution is 6.33. The molecule has 6 heteroatoms. The second kappa shape index (κ2) is 7.89. The number of allylic oxidation sites excluding steroid dienone is 2. The van der Waals surface area contributed by atoms with Crippen LogP contribution in [0.2, 0.25) is 5.02 Å². The highest BCUT2D eigenvalue weighted by Gasteiger charge is 2.25. The molecule has 1 aromatic carbocycles. The van der Waals surface area contributed by atoms with Gasteiger partial charge in [-0.15, -0.1) is 0 Å². The number of benzene rings is 1. The van der Waals surface area contributed by atoms with E-state index in [9.17, 15) is 4.79 Å². The molecule has 0 saturated carbocycles. The Bertz CT molecular complexity index is 1210. The number of ether oxygens (including phenoxy) is 1. The van der Waals surface area contributed by atoms with Crippen LogP contribution in [0.25, 0.3) is 22.5 Å². The lowest BCUT2D eigenvalue weighted by atomic mass is 9.99. The van der Waals surface area contributed by atoms with E-state index in [1.807, 2.05) is 49.4 Å². The van der Waals surface area contributed by atoms with E-state index in [0.717, 1.165) is 5.56 Å². The number of rotatable bonds is 4. The van der Waals surface area contributed by atoms with Gasteiger partial charge in [0.15, 0.2) is 0 Å². The lowest BCUT2D eigenvalue weighted by molar-refractivity contribution is 0.200. The van der Waals surface area contributed by atoms with Gasteiger partial charge in [-0.2, -0.15) is 0 Å². The number of pyridine rings is 2. The van der Waals surface area contributed by atoms with E-state index >= 15 is 0 Å². The summed E-state index contributed by atoms with van der Waals surface area (Å²) in [7, 11) is 0. The second-order valence-electron chi connectivity index (χ2n) is 6.41. The van der Waals surface area contributed by atoms with Crippen LogP contribution in [-0.4, -0.2) is 16.3 Å². The third-order valence-corrected chi connectivity index (χ3v) is 5.03. The van der Waals surface area contributed by atoms with E-state index in [2.05, 4.69) is 16.7 Å². The third-order valence-electron chi connectivity index (χ3n) is 4.70. The summed E-state index contributed by atoms with van der Waals surface area (Å²) in [6, 6.07) is 12.7. The van der Waals surface area contributed by atoms with Gasteiger partial charge < -0.3 is 4.74 Å². The normalized spacial score (nSPS) is 13.3. The second-order valence-corrected chi connectivity index (χ2v) is 6.82. The average Bonchev–Trinajstić information content (AvgIpc) is 2.74. The van der Waals surface area contributed by atoms with Gasteiger partial charge >= 0.3 is 0 Å². The largest absolute Gasteiger partial charge is 0.485 e. The molecule has 1 aliphatic heterocycles. The molecule has 3 heterocycles. The molecular weight excluding hydrogens is 386 g/mol. The van der Waals surface area contributed by atoms with Crippen LogP contribution >= 0.6 is 11.6 Å². The first kappa shape index (κ1) is 18.9. The molecular formula is C23H18ClN3O2. The highest BCUT2D eigenvalue weighted by atomic mass is 35.5. The molecule has 0 fully saturated rings. The summed E-state index contributed by atoms with van der Waals surface area (Å²) < 4.78 is 7.50. The molecule has 4 rings (SSSR count). The summed E-state index contributed by atoms with van der Waals surface area (Å²) in [5.41, 5.74) is 3.61. The number of aliphatic imine (C=N–C) groups is 1. The van der Waals surface area contributed by atoms with Crippen molar-refractivity contribution in [3.8, 4) is 16.8 Å². The van der Waals surface area contributed by atoms with Crippen LogP contribution < -0.4 is 5.56 Å². The molecule has 2 aromatic heterocycles. The molecule has 0 aliphatic carbocycles. The maximum atomic E-state index is 13.5. The SMILES string of the molecule is C=NC1=C(/C=C\C)OCc2c1cc(-c1ccccc1Cl)c(=O)n2-c1cccnc1. The lowest BCUT2D eigenvalue weighted by Gasteiger charge is -2.25. The van der Waals surface area contributed by atoms with Crippen molar-refractivity contribution in [2.24, 2.45) is 4.99 Å². The van der Waals surface area contributed by atoms with Crippen LogP contribution in [0.3, 0.4) is 0 Å². The van der Waals surface area contributed by atoms with E-state index in [0.29, 0.717) is 39.0 Å². The monoisotopic (exact) mass is 403 g/mol. The predicted octanol–water partition coefficient (Wildman–Crippen LogP) is 5.03. The van der Waals surface area contributed by atoms with Crippen LogP contribution in [0, 0.1) is 0 Å². The van der Waals surface area contributed by atoms with E-state index in [1.165, 1.54) is 0 Å². The Hall–Kier alpha value is -3.44. The van der Waals surface area contributed by atoms with E-state index < -0.39 is 0 Å². The first-order valence-corrected chi connectivity index (χ1v) is 9.44. The molecule has 0 saturated heterocycles. The fourth-order valence-corrected chi connectivity index (χ4v) is 3.66. The van der Waals surface area contributed by atoms with Crippen LogP contribution in [0.15, 0.2) is 82.6 Å². The Morgan fingerprint density at radius 1 is 1.21 bits per heavy atom. The van der Waals surface area contributed by atoms with Crippen LogP contribution in [0.5, 0.6) is 0 Å². The van der Waals surface area contributed by atoms with Crippen molar-refractivity contribution < 1.29 is 4.74 Å². The molecule has 5 nitrogen and oxygen atoms in total. The Balaban J connectivity index is 2.12. The van der Waals surface area contributed by atoms with Gasteiger partial charge in [0.2, 0.25) is 0 Å². The quantitative estimate of drug-likeness (QED) is 0.574. The van der Waals surface area contributed by atoms with Crippen molar-refractivity contribution in [1.82, 2.24) is 9.55 Å². The Kier molecular flexibility index (Phi) is 5.14. The van der Waals surface area contributed by atoms with E-state index in [-0.39, 0.29) is 12.2 Å². The standard InChI is InChI=1S/C23H18ClN3O2/c1-3-7-21-22(25-2)18-12-17(16-9-4-5-10-19(16)24)23(28)27(20(18)14-29-21)15-8-6-11-26-13-15/h3-13H,2,14H2,1H3/b7-3-. The van der Waals surface area contributed by atoms with Gasteiger partial charge in [-0.05, 0) is 44.0 Å². The summed E-state index contributed by atoms with van der Waals surface area (Å²) in [5.74, 6) is 0.608. The molecule has 0 bridgehead atoms. The van der Waals surface area contributed by atoms with Gasteiger partial charge in [-0.25, -0.2) is 0 Å². The first-order valence-electron chi connectivity index (χ1n) is 9.06. The maximum absolute atomic E-state index is 13.5. The molecule has 0 N–H and O–H groups in total. The van der Waals surface area contributed by atoms with Gasteiger partial charge in [-0.1, -0.05) is 35.9 Å². The van der Waals surface area contributed by atoms with Gasteiger partial charge in [0.1, 0.15) is 18.1 Å². The van der Waals surface area contributed by atoms with Crippen molar-refractivity contribution in [2.75, 3.05) is 0 Å². The lowest BCUT2D eigenvalue weighted by Crippen LogP contribution is -2.27. The number of hydrogen-bond acceptors (Lipinski definition) is 4. The molecule has 1 aliphatic rings. The van der Waals surface area contributed by atoms with Crippen molar-refractivity contribution in [3.63, 3.8) is 0 Å². The van der Waals surface area contributed by atoms with Crippen molar-refractivity contribution in [3.05, 3.63) is 99.4 Å². The number of nitrogens with zero attached hydrogens (tertiary/aromatic N) is 3. The number of halogens is 1. The van der Waals surface area contributed by atoms with E-state index in [1.54, 1.807) is 29.1 Å². The molecule has 0 amide bonds. The van der Waals surface area contributed by atoms with Gasteiger partial charge in [0.25, 0.3) is 5.56 Å². The zero-order chi connectivity index (χ0) is 20.4. The number of fused-ring (bicyclic) bond motifs is 1. The minimum atomic E-state index is -0.202. The summed E-state index contributed by atoms with van der Waals surface area (Å²) in [4.78, 5) is 21.9. The summed E-state index contributed by atoms with van der Waals surface area (Å²) >= 11 is 6.42. The summed E-state index contributed by atoms with van der Waals surface area (Å²) in [5, 5.41) is 0.500. The summed E-state index contributed by atoms with van der Waals surface area (Å²) in [6.07, 6.45) is 7.01. The van der Waals surface area contributed by atoms with Crippen molar-refractivity contribution >= 4 is 24.0 Å². The minimum absolute atomic E-state index is 0.202. The fraction of sp³-hybridized carbons (Fsp3) is 0.0870. The minimum Gasteiger partial charge on any atom is -0.485 e. The Morgan fingerprint density at radius 3 is 2.72 bits per heavy atom. The molecule has 0 unspecified atom stereocenters. The van der Waals surface area contributed by atoms with Gasteiger partial charge in [0.05, 0.1) is 17.6 Å². The fourth-order valence-electron chi connectivity index (χ4n) is 3.42. The van der Waals surface area contributed by atoms with Crippen LogP contribution in [-0.2, 0) is 11.3 Å². The van der Waals surface area contributed by atoms with Crippen LogP contribution in [0.1, 0.15) is 18.2 Å². The Morgan fingerprint density at radius 2 is 2.03 bits per heavy atom. The average molecular weight is 404 g/mol. The molecule has 3 aromatic rings. The molecule has 0 spiro atoms. The van der Waals surface area contributed by atoms with Crippen molar-refractivity contribution in [2.45, 2.75) is 13.5 Å². The van der Waals surface area contributed by atoms with Crippen molar-refractivity contribution in [1.29, 1.82) is 0 Å². The van der Waals surface area contributed by atoms with Gasteiger partial charge in [0, 0.05) is 27.9 Å². The predicted molar refractivity (Wildman–Crippen MR) is 116 cm³/mol. The molecule has 144 valence electrons. The zero-order valence-electron chi connectivity index (χ0n) is 15.8. The maximum Gasteiger partial charge on any atom is 0.263 e. The zero-order valence-corrected chi connectivity index (χ0v) is 16.6. The molecule has 0 atom stereocenters. The highest BCUT2D eigenvalue weighted by Crippen LogP contribution is 2.35. The molecule has 29 heavy (non-hydrogen) atoms. The summed E-state index contributed by atoms with van der Waals surface area (Å²) in [6.45, 7) is 5.84. The third kappa shape index (κ3) is 3.30. The molecule has 0 radical (unpaired) electrons. The smallest absolute Gasteiger partial charge is 0.263 e. The topological polar surface area (TPSA) is 56.5 Å². The van der Waals surface area contributed by atoms with Crippen LogP contribution in [0.4, 0.5) is 0 Å². The number of hydrogen-bond donors (Lipinski definition) is 0. The Labute approximate surface area is 173 Å².